The van der Waals surface area contributed by atoms with E-state index in [0.29, 0.717) is 22.5 Å². The summed E-state index contributed by atoms with van der Waals surface area (Å²) in [6.07, 6.45) is 0. The van der Waals surface area contributed by atoms with Crippen LogP contribution in [-0.4, -0.2) is 10.8 Å². The molecule has 88 valence electrons. The summed E-state index contributed by atoms with van der Waals surface area (Å²) in [7, 11) is 0. The van der Waals surface area contributed by atoms with E-state index in [9.17, 15) is 9.59 Å². The van der Waals surface area contributed by atoms with E-state index in [1.54, 1.807) is 0 Å². The van der Waals surface area contributed by atoms with Gasteiger partial charge in [0.2, 0.25) is 0 Å². The van der Waals surface area contributed by atoms with Gasteiger partial charge in [-0.25, -0.2) is 0 Å². The topological polar surface area (TPSA) is 49.9 Å². The second-order valence-electron chi connectivity index (χ2n) is 4.56. The lowest BCUT2D eigenvalue weighted by atomic mass is 10.0. The molecule has 0 aliphatic heterocycles. The molecular formula is C14H15NO2. The molecular weight excluding hydrogens is 214 g/mol. The van der Waals surface area contributed by atoms with Crippen LogP contribution < -0.4 is 5.43 Å². The van der Waals surface area contributed by atoms with Crippen molar-refractivity contribution >= 4 is 16.7 Å². The number of benzene rings is 1. The number of aromatic amines is 1. The summed E-state index contributed by atoms with van der Waals surface area (Å²) >= 11 is 0. The quantitative estimate of drug-likeness (QED) is 0.805. The lowest BCUT2D eigenvalue weighted by Crippen LogP contribution is -2.08. The molecule has 3 nitrogen and oxygen atoms in total. The van der Waals surface area contributed by atoms with E-state index in [-0.39, 0.29) is 11.2 Å². The van der Waals surface area contributed by atoms with Crippen LogP contribution in [0.3, 0.4) is 0 Å². The monoisotopic (exact) mass is 229 g/mol. The molecule has 2 aromatic rings. The standard InChI is InChI=1S/C14H15NO2/c1-8(2)10-4-5-12-11(6-10)14(17)7-13(15-12)9(3)16/h4-8H,1-3H3,(H,15,17). The number of pyridine rings is 1. The summed E-state index contributed by atoms with van der Waals surface area (Å²) in [6.45, 7) is 5.61. The molecule has 0 aliphatic carbocycles. The number of ketones is 1. The fourth-order valence-corrected chi connectivity index (χ4v) is 1.81. The second kappa shape index (κ2) is 4.17. The Hall–Kier alpha value is -1.90. The smallest absolute Gasteiger partial charge is 0.190 e. The van der Waals surface area contributed by atoms with Gasteiger partial charge in [0.25, 0.3) is 0 Å². The van der Waals surface area contributed by atoms with Crippen LogP contribution in [0, 0.1) is 0 Å². The average Bonchev–Trinajstić information content (AvgIpc) is 2.28. The first-order valence-electron chi connectivity index (χ1n) is 5.67. The number of carbonyl (C=O) groups excluding carboxylic acids is 1. The van der Waals surface area contributed by atoms with E-state index < -0.39 is 0 Å². The number of H-pyrrole nitrogens is 1. The highest BCUT2D eigenvalue weighted by atomic mass is 16.1. The molecule has 0 unspecified atom stereocenters. The minimum atomic E-state index is -0.128. The molecule has 0 radical (unpaired) electrons. The maximum absolute atomic E-state index is 11.9. The Labute approximate surface area is 99.5 Å². The van der Waals surface area contributed by atoms with Crippen molar-refractivity contribution in [2.45, 2.75) is 26.7 Å². The van der Waals surface area contributed by atoms with Crippen molar-refractivity contribution in [3.05, 3.63) is 45.7 Å². The predicted molar refractivity (Wildman–Crippen MR) is 68.7 cm³/mol. The molecule has 1 N–H and O–H groups in total. The Kier molecular flexibility index (Phi) is 2.84. The van der Waals surface area contributed by atoms with E-state index in [4.69, 9.17) is 0 Å². The van der Waals surface area contributed by atoms with Crippen LogP contribution in [0.25, 0.3) is 10.9 Å². The first-order chi connectivity index (χ1) is 7.99. The first-order valence-corrected chi connectivity index (χ1v) is 5.67. The SMILES string of the molecule is CC(=O)c1cc(=O)c2cc(C(C)C)ccc2[nH]1. The van der Waals surface area contributed by atoms with Crippen molar-refractivity contribution in [1.82, 2.24) is 4.98 Å². The molecule has 0 aliphatic rings. The Morgan fingerprint density at radius 3 is 2.53 bits per heavy atom. The number of nitrogens with one attached hydrogen (secondary N) is 1. The number of Topliss-reactive ketones (excluding diaryl/α,β-unsaturated/α-hetero) is 1. The highest BCUT2D eigenvalue weighted by Gasteiger charge is 2.07. The van der Waals surface area contributed by atoms with E-state index in [1.165, 1.54) is 13.0 Å². The van der Waals surface area contributed by atoms with Gasteiger partial charge in [-0.3, -0.25) is 9.59 Å². The van der Waals surface area contributed by atoms with Crippen LogP contribution in [0.5, 0.6) is 0 Å². The lowest BCUT2D eigenvalue weighted by molar-refractivity contribution is 0.101. The lowest BCUT2D eigenvalue weighted by Gasteiger charge is -2.07. The van der Waals surface area contributed by atoms with Gasteiger partial charge in [0.15, 0.2) is 11.2 Å². The van der Waals surface area contributed by atoms with Gasteiger partial charge in [0, 0.05) is 23.9 Å². The highest BCUT2D eigenvalue weighted by Crippen LogP contribution is 2.18. The molecule has 0 spiro atoms. The van der Waals surface area contributed by atoms with Gasteiger partial charge < -0.3 is 4.98 Å². The second-order valence-corrected chi connectivity index (χ2v) is 4.56. The van der Waals surface area contributed by atoms with E-state index in [0.717, 1.165) is 5.56 Å². The van der Waals surface area contributed by atoms with Crippen LogP contribution >= 0.6 is 0 Å². The number of fused-ring (bicyclic) bond motifs is 1. The van der Waals surface area contributed by atoms with Gasteiger partial charge in [-0.15, -0.1) is 0 Å². The zero-order valence-corrected chi connectivity index (χ0v) is 10.2. The summed E-state index contributed by atoms with van der Waals surface area (Å²) in [5.41, 5.74) is 2.09. The van der Waals surface area contributed by atoms with E-state index in [1.807, 2.05) is 18.2 Å². The third-order valence-electron chi connectivity index (χ3n) is 2.90. The average molecular weight is 229 g/mol. The third kappa shape index (κ3) is 2.13. The molecule has 0 fully saturated rings. The molecule has 1 aromatic heterocycles. The van der Waals surface area contributed by atoms with Gasteiger partial charge in [-0.1, -0.05) is 19.9 Å². The van der Waals surface area contributed by atoms with Crippen molar-refractivity contribution in [3.8, 4) is 0 Å². The van der Waals surface area contributed by atoms with Crippen LogP contribution in [0.2, 0.25) is 0 Å². The minimum Gasteiger partial charge on any atom is -0.352 e. The zero-order chi connectivity index (χ0) is 12.6. The van der Waals surface area contributed by atoms with Crippen LogP contribution in [0.4, 0.5) is 0 Å². The number of carbonyl (C=O) groups is 1. The Balaban J connectivity index is 2.73. The Morgan fingerprint density at radius 2 is 1.94 bits per heavy atom. The number of hydrogen-bond donors (Lipinski definition) is 1. The fraction of sp³-hybridized carbons (Fsp3) is 0.286. The maximum atomic E-state index is 11.9. The fourth-order valence-electron chi connectivity index (χ4n) is 1.81. The van der Waals surface area contributed by atoms with Gasteiger partial charge in [-0.05, 0) is 23.6 Å². The van der Waals surface area contributed by atoms with Crippen molar-refractivity contribution in [2.24, 2.45) is 0 Å². The van der Waals surface area contributed by atoms with Crippen LogP contribution in [0.15, 0.2) is 29.1 Å². The predicted octanol–water partition coefficient (Wildman–Crippen LogP) is 2.85. The normalized spacial score (nSPS) is 11.1. The van der Waals surface area contributed by atoms with E-state index >= 15 is 0 Å². The van der Waals surface area contributed by atoms with Gasteiger partial charge in [0.1, 0.15) is 0 Å². The zero-order valence-electron chi connectivity index (χ0n) is 10.2. The van der Waals surface area contributed by atoms with Crippen LogP contribution in [0.1, 0.15) is 42.7 Å². The molecule has 1 aromatic carbocycles. The number of aromatic nitrogens is 1. The Morgan fingerprint density at radius 1 is 1.24 bits per heavy atom. The van der Waals surface area contributed by atoms with Crippen molar-refractivity contribution in [3.63, 3.8) is 0 Å². The molecule has 2 rings (SSSR count). The molecule has 0 amide bonds. The van der Waals surface area contributed by atoms with Crippen molar-refractivity contribution in [1.29, 1.82) is 0 Å². The Bertz CT molecular complexity index is 638. The first kappa shape index (κ1) is 11.6. The third-order valence-corrected chi connectivity index (χ3v) is 2.90. The molecule has 0 atom stereocenters. The molecule has 0 saturated heterocycles. The summed E-state index contributed by atoms with van der Waals surface area (Å²) in [6, 6.07) is 7.10. The van der Waals surface area contributed by atoms with Gasteiger partial charge in [0.05, 0.1) is 5.69 Å². The van der Waals surface area contributed by atoms with Gasteiger partial charge in [-0.2, -0.15) is 0 Å². The molecule has 0 bridgehead atoms. The summed E-state index contributed by atoms with van der Waals surface area (Å²) in [5.74, 6) is 0.253. The van der Waals surface area contributed by atoms with Gasteiger partial charge >= 0.3 is 0 Å². The van der Waals surface area contributed by atoms with Crippen molar-refractivity contribution < 1.29 is 4.79 Å². The van der Waals surface area contributed by atoms with Crippen molar-refractivity contribution in [2.75, 3.05) is 0 Å². The number of rotatable bonds is 2. The van der Waals surface area contributed by atoms with E-state index in [2.05, 4.69) is 18.8 Å². The largest absolute Gasteiger partial charge is 0.352 e. The molecule has 1 heterocycles. The highest BCUT2D eigenvalue weighted by molar-refractivity contribution is 5.94. The molecule has 17 heavy (non-hydrogen) atoms. The maximum Gasteiger partial charge on any atom is 0.190 e. The number of hydrogen-bond acceptors (Lipinski definition) is 2. The summed E-state index contributed by atoms with van der Waals surface area (Å²) in [5, 5.41) is 0.640. The molecule has 3 heteroatoms. The molecule has 0 saturated carbocycles. The van der Waals surface area contributed by atoms with Crippen LogP contribution in [-0.2, 0) is 0 Å². The minimum absolute atomic E-state index is 0.105. The summed E-state index contributed by atoms with van der Waals surface area (Å²) < 4.78 is 0. The summed E-state index contributed by atoms with van der Waals surface area (Å²) in [4.78, 5) is 26.1.